The molecule has 0 aromatic heterocycles. The van der Waals surface area contributed by atoms with Crippen LogP contribution in [0, 0.1) is 0 Å². The van der Waals surface area contributed by atoms with E-state index in [2.05, 4.69) is 4.74 Å². The zero-order valence-corrected chi connectivity index (χ0v) is 48.1. The van der Waals surface area contributed by atoms with Crippen LogP contribution in [0.25, 0.3) is 89.1 Å². The third kappa shape index (κ3) is 13.8. The molecule has 5 aliphatic rings. The Morgan fingerprint density at radius 1 is 0.365 bits per heavy atom. The Morgan fingerprint density at radius 2 is 0.800 bits per heavy atom. The molecule has 0 fully saturated rings. The van der Waals surface area contributed by atoms with E-state index in [4.69, 9.17) is 38.4 Å². The van der Waals surface area contributed by atoms with Crippen molar-refractivity contribution in [1.82, 2.24) is 0 Å². The predicted molar refractivity (Wildman–Crippen MR) is 322 cm³/mol. The first-order chi connectivity index (χ1) is 40.5. The molecule has 0 radical (unpaired) electrons. The number of hydrogen-bond donors (Lipinski definition) is 6. The van der Waals surface area contributed by atoms with Crippen LogP contribution in [0.1, 0.15) is 48.9 Å². The Hall–Kier alpha value is -10.4. The van der Waals surface area contributed by atoms with Gasteiger partial charge >= 0.3 is 58.4 Å². The van der Waals surface area contributed by atoms with Gasteiger partial charge < -0.3 is 44.2 Å². The summed E-state index contributed by atoms with van der Waals surface area (Å²) in [6, 6.07) is 60.2. The van der Waals surface area contributed by atoms with E-state index in [1.54, 1.807) is 78.9 Å². The number of esters is 2. The monoisotopic (exact) mass is 1220 g/mol. The molecule has 3 aliphatic heterocycles. The number of aromatic carboxylic acids is 2. The fourth-order valence-electron chi connectivity index (χ4n) is 9.41. The topological polar surface area (TPSA) is 259 Å². The van der Waals surface area contributed by atoms with E-state index in [-0.39, 0.29) is 52.4 Å². The summed E-state index contributed by atoms with van der Waals surface area (Å²) in [5, 5.41) is 58.5. The van der Waals surface area contributed by atoms with Crippen molar-refractivity contribution in [3.63, 3.8) is 0 Å². The normalized spacial score (nSPS) is 10.9. The van der Waals surface area contributed by atoms with Gasteiger partial charge in [0.05, 0.1) is 22.3 Å². The summed E-state index contributed by atoms with van der Waals surface area (Å²) in [5.41, 5.74) is 8.02. The molecule has 0 bridgehead atoms. The number of carbonyl (C=O) groups excluding carboxylic acids is 2. The summed E-state index contributed by atoms with van der Waals surface area (Å²) in [5.74, 6) is -2.38. The van der Waals surface area contributed by atoms with Crippen molar-refractivity contribution < 1.29 is 78.5 Å². The second-order valence-corrected chi connectivity index (χ2v) is 22.9. The molecule has 8 aromatic rings. The number of ether oxygens (including phenoxy) is 1. The van der Waals surface area contributed by atoms with Gasteiger partial charge in [-0.3, -0.25) is 9.59 Å². The molecule has 13 rings (SSSR count). The molecule has 0 saturated carbocycles. The van der Waals surface area contributed by atoms with Gasteiger partial charge in [-0.25, -0.2) is 19.2 Å². The molecule has 6 N–H and O–H groups in total. The van der Waals surface area contributed by atoms with Gasteiger partial charge in [0, 0.05) is 68.9 Å². The van der Waals surface area contributed by atoms with Crippen molar-refractivity contribution in [1.29, 1.82) is 0 Å². The van der Waals surface area contributed by atoms with Crippen molar-refractivity contribution in [2.24, 2.45) is 0 Å². The SMILES string of the molecule is C.O=C(O)c1cc(-c2ccccc2)cc(-c2ccccc2)c1-c1c2ccc(=O)cc-2oc2cc(O)ccc12.O=C(O)c1ccccc1-c1c2ccc(=O)cc-2oc2cc(O)ccc12.O=C1OC(=O)c2ccccc21.Oc1cccc(O)c1.[Cl][Zn][Cl]. The summed E-state index contributed by atoms with van der Waals surface area (Å²) < 4.78 is 16.1. The van der Waals surface area contributed by atoms with E-state index in [1.165, 1.54) is 72.8 Å². The number of cyclic esters (lactones) is 2. The number of benzene rings is 10. The average Bonchev–Trinajstić information content (AvgIpc) is 1.70. The Labute approximate surface area is 499 Å². The van der Waals surface area contributed by atoms with Gasteiger partial charge in [-0.2, -0.15) is 0 Å². The third-order valence-corrected chi connectivity index (χ3v) is 13.0. The average molecular weight is 1230 g/mol. The molecule has 18 heteroatoms. The second-order valence-electron chi connectivity index (χ2n) is 18.3. The van der Waals surface area contributed by atoms with E-state index in [9.17, 15) is 49.2 Å². The number of carboxylic acid groups (broad SMARTS) is 2. The summed E-state index contributed by atoms with van der Waals surface area (Å²) in [6.45, 7) is 0. The van der Waals surface area contributed by atoms with E-state index in [1.807, 2.05) is 66.7 Å². The van der Waals surface area contributed by atoms with Crippen molar-refractivity contribution in [3.8, 4) is 90.2 Å². The van der Waals surface area contributed by atoms with Crippen molar-refractivity contribution in [2.75, 3.05) is 0 Å². The molecule has 8 aromatic carbocycles. The molecule has 85 heavy (non-hydrogen) atoms. The molecular weight excluding hydrogens is 1180 g/mol. The maximum atomic E-state index is 12.8. The first-order valence-corrected chi connectivity index (χ1v) is 33.0. The van der Waals surface area contributed by atoms with Crippen LogP contribution in [0.3, 0.4) is 0 Å². The zero-order chi connectivity index (χ0) is 59.6. The Bertz CT molecular complexity index is 4460. The van der Waals surface area contributed by atoms with Crippen LogP contribution in [0.2, 0.25) is 0 Å². The second kappa shape index (κ2) is 27.1. The quantitative estimate of drug-likeness (QED) is 0.0391. The van der Waals surface area contributed by atoms with Crippen LogP contribution in [0.4, 0.5) is 0 Å². The van der Waals surface area contributed by atoms with E-state index in [0.717, 1.165) is 22.3 Å². The fourth-order valence-corrected chi connectivity index (χ4v) is 9.41. The molecule has 2 aliphatic carbocycles. The van der Waals surface area contributed by atoms with Crippen molar-refractivity contribution in [3.05, 3.63) is 261 Å². The molecule has 3 heterocycles. The summed E-state index contributed by atoms with van der Waals surface area (Å²) in [7, 11) is 9.90. The minimum atomic E-state index is -1.08. The summed E-state index contributed by atoms with van der Waals surface area (Å²) in [4.78, 5) is 70.1. The number of rotatable bonds is 6. The van der Waals surface area contributed by atoms with Gasteiger partial charge in [0.2, 0.25) is 0 Å². The van der Waals surface area contributed by atoms with E-state index < -0.39 is 39.0 Å². The van der Waals surface area contributed by atoms with Crippen LogP contribution in [0.5, 0.6) is 23.0 Å². The molecule has 0 atom stereocenters. The first kappa shape index (κ1) is 60.7. The molecule has 0 unspecified atom stereocenters. The van der Waals surface area contributed by atoms with Gasteiger partial charge in [-0.1, -0.05) is 104 Å². The van der Waals surface area contributed by atoms with Gasteiger partial charge in [-0.05, 0) is 119 Å². The number of aromatic hydroxyl groups is 4. The van der Waals surface area contributed by atoms with Gasteiger partial charge in [0.25, 0.3) is 0 Å². The standard InChI is InChI=1S/C32H20O5.C20H12O5.C8H4O3.C6H6O2.CH4.2ClH.Zn/c33-22-11-13-24-28(17-22)37-29-18-23(34)12-14-25(29)30(24)31-26(20-9-5-2-6-10-20)15-21(16-27(31)32(35)36)19-7-3-1-4-8-19;21-11-5-7-15-17(9-11)25-18-10-12(22)6-8-16(18)19(15)13-3-1-2-4-14(13)20(23)24;9-7-5-3-1-2-4-6(5)8(10)11-7;7-5-2-1-3-6(8)4-5;;;;/h1-18,33H,(H,35,36);1-10,21H,(H,23,24);1-4H;1-4,7-8H;1H4;2*1H;/q;;;;;;;+2/p-2. The summed E-state index contributed by atoms with van der Waals surface area (Å²) >= 11 is -0.931. The Balaban J connectivity index is 0.000000167. The molecular formula is C67H46Cl2O15Zn. The number of halogens is 2. The van der Waals surface area contributed by atoms with Crippen molar-refractivity contribution >= 4 is 65.2 Å². The Morgan fingerprint density at radius 3 is 1.28 bits per heavy atom. The zero-order valence-electron chi connectivity index (χ0n) is 43.6. The van der Waals surface area contributed by atoms with Gasteiger partial charge in [0.15, 0.2) is 10.9 Å². The fraction of sp³-hybridized carbons (Fsp3) is 0.0149. The maximum absolute atomic E-state index is 12.8. The number of phenols is 4. The van der Waals surface area contributed by atoms with E-state index in [0.29, 0.717) is 78.0 Å². The number of carboxylic acids is 2. The number of hydrogen-bond acceptors (Lipinski definition) is 13. The van der Waals surface area contributed by atoms with Gasteiger partial charge in [-0.15, -0.1) is 0 Å². The van der Waals surface area contributed by atoms with Crippen LogP contribution >= 0.6 is 19.4 Å². The van der Waals surface area contributed by atoms with Crippen molar-refractivity contribution in [2.45, 2.75) is 7.43 Å². The van der Waals surface area contributed by atoms with Gasteiger partial charge in [0.1, 0.15) is 45.7 Å². The molecule has 0 amide bonds. The molecule has 420 valence electrons. The van der Waals surface area contributed by atoms with Crippen LogP contribution < -0.4 is 10.9 Å². The predicted octanol–water partition coefficient (Wildman–Crippen LogP) is 15.4. The number of carbonyl (C=O) groups is 4. The van der Waals surface area contributed by atoms with Crippen LogP contribution in [-0.2, 0) is 19.9 Å². The van der Waals surface area contributed by atoms with Crippen LogP contribution in [-0.4, -0.2) is 54.5 Å². The Kier molecular flexibility index (Phi) is 19.4. The molecule has 0 saturated heterocycles. The third-order valence-electron chi connectivity index (χ3n) is 13.0. The number of fused-ring (bicyclic) bond motifs is 5. The van der Waals surface area contributed by atoms with E-state index >= 15 is 0 Å². The molecule has 0 spiro atoms. The molecule has 15 nitrogen and oxygen atoms in total. The minimum absolute atomic E-state index is 0. The summed E-state index contributed by atoms with van der Waals surface area (Å²) in [6.07, 6.45) is 0. The first-order valence-electron chi connectivity index (χ1n) is 25.2. The van der Waals surface area contributed by atoms with Crippen LogP contribution in [0.15, 0.2) is 237 Å². The number of phenolic OH excluding ortho intramolecular Hbond substituents is 4.